The molecule has 0 spiro atoms. The fourth-order valence-electron chi connectivity index (χ4n) is 2.41. The fraction of sp³-hybridized carbons (Fsp3) is 0.235. The van der Waals surface area contributed by atoms with Gasteiger partial charge in [0, 0.05) is 17.8 Å². The van der Waals surface area contributed by atoms with Crippen LogP contribution in [-0.4, -0.2) is 41.9 Å². The third kappa shape index (κ3) is 4.23. The quantitative estimate of drug-likeness (QED) is 0.729. The van der Waals surface area contributed by atoms with Gasteiger partial charge in [0.15, 0.2) is 23.0 Å². The molecule has 0 unspecified atom stereocenters. The second kappa shape index (κ2) is 7.72. The lowest BCUT2D eigenvalue weighted by atomic mass is 10.3. The molecule has 1 heterocycles. The summed E-state index contributed by atoms with van der Waals surface area (Å²) in [6, 6.07) is 9.04. The predicted molar refractivity (Wildman–Crippen MR) is 95.9 cm³/mol. The Labute approximate surface area is 156 Å². The molecule has 2 N–H and O–H groups in total. The van der Waals surface area contributed by atoms with E-state index in [0.717, 1.165) is 0 Å². The summed E-state index contributed by atoms with van der Waals surface area (Å²) in [4.78, 5) is 12.0. The van der Waals surface area contributed by atoms with E-state index in [4.69, 9.17) is 18.9 Å². The summed E-state index contributed by atoms with van der Waals surface area (Å²) in [6.45, 7) is -0.316. The van der Waals surface area contributed by atoms with E-state index < -0.39 is 22.5 Å². The van der Waals surface area contributed by atoms with Crippen molar-refractivity contribution in [3.8, 4) is 23.0 Å². The van der Waals surface area contributed by atoms with E-state index in [1.54, 1.807) is 18.2 Å². The van der Waals surface area contributed by atoms with Gasteiger partial charge in [-0.2, -0.15) is 0 Å². The van der Waals surface area contributed by atoms with Gasteiger partial charge in [-0.05, 0) is 24.3 Å². The number of fused-ring (bicyclic) bond motifs is 1. The molecule has 144 valence electrons. The molecule has 0 radical (unpaired) electrons. The number of methoxy groups -OCH3 is 2. The van der Waals surface area contributed by atoms with Crippen molar-refractivity contribution in [2.75, 3.05) is 32.9 Å². The van der Waals surface area contributed by atoms with Gasteiger partial charge in [-0.1, -0.05) is 0 Å². The highest BCUT2D eigenvalue weighted by molar-refractivity contribution is 7.89. The molecule has 2 aromatic rings. The van der Waals surface area contributed by atoms with E-state index in [-0.39, 0.29) is 17.4 Å². The minimum atomic E-state index is -3.91. The van der Waals surface area contributed by atoms with Crippen molar-refractivity contribution in [3.05, 3.63) is 36.4 Å². The number of sulfonamides is 1. The van der Waals surface area contributed by atoms with Crippen molar-refractivity contribution in [1.82, 2.24) is 4.72 Å². The van der Waals surface area contributed by atoms with Crippen LogP contribution >= 0.6 is 0 Å². The van der Waals surface area contributed by atoms with Crippen LogP contribution in [0.25, 0.3) is 0 Å². The highest BCUT2D eigenvalue weighted by Crippen LogP contribution is 2.34. The number of hydrogen-bond acceptors (Lipinski definition) is 7. The Morgan fingerprint density at radius 2 is 1.78 bits per heavy atom. The van der Waals surface area contributed by atoms with Crippen LogP contribution in [0.15, 0.2) is 41.3 Å². The molecule has 0 fully saturated rings. The van der Waals surface area contributed by atoms with E-state index >= 15 is 0 Å². The molecule has 1 amide bonds. The zero-order valence-corrected chi connectivity index (χ0v) is 15.5. The SMILES string of the molecule is COc1ccc(S(=O)(=O)NCC(=O)Nc2ccc3c(c2)OCO3)cc1OC. The van der Waals surface area contributed by atoms with Crippen molar-refractivity contribution in [2.45, 2.75) is 4.90 Å². The molecule has 0 bridgehead atoms. The molecule has 1 aliphatic rings. The van der Waals surface area contributed by atoms with E-state index in [1.165, 1.54) is 32.4 Å². The Hall–Kier alpha value is -2.98. The van der Waals surface area contributed by atoms with Crippen LogP contribution in [0.1, 0.15) is 0 Å². The molecule has 2 aromatic carbocycles. The standard InChI is InChI=1S/C17H18N2O7S/c1-23-13-6-4-12(8-15(13)24-2)27(21,22)18-9-17(20)19-11-3-5-14-16(7-11)26-10-25-14/h3-8,18H,9-10H2,1-2H3,(H,19,20). The van der Waals surface area contributed by atoms with Crippen molar-refractivity contribution >= 4 is 21.6 Å². The monoisotopic (exact) mass is 394 g/mol. The van der Waals surface area contributed by atoms with Crippen LogP contribution in [0.5, 0.6) is 23.0 Å². The van der Waals surface area contributed by atoms with Crippen LogP contribution in [-0.2, 0) is 14.8 Å². The molecule has 0 aromatic heterocycles. The van der Waals surface area contributed by atoms with Gasteiger partial charge in [0.2, 0.25) is 22.7 Å². The van der Waals surface area contributed by atoms with E-state index in [9.17, 15) is 13.2 Å². The normalized spacial score (nSPS) is 12.5. The fourth-order valence-corrected chi connectivity index (χ4v) is 3.40. The zero-order valence-electron chi connectivity index (χ0n) is 14.6. The molecule has 0 saturated heterocycles. The van der Waals surface area contributed by atoms with Gasteiger partial charge in [-0.15, -0.1) is 0 Å². The van der Waals surface area contributed by atoms with Crippen LogP contribution < -0.4 is 29.0 Å². The Morgan fingerprint density at radius 3 is 2.52 bits per heavy atom. The summed E-state index contributed by atoms with van der Waals surface area (Å²) in [5.41, 5.74) is 0.467. The molecule has 9 nitrogen and oxygen atoms in total. The minimum Gasteiger partial charge on any atom is -0.493 e. The Balaban J connectivity index is 1.64. The minimum absolute atomic E-state index is 0.0453. The van der Waals surface area contributed by atoms with Gasteiger partial charge >= 0.3 is 0 Å². The first-order valence-corrected chi connectivity index (χ1v) is 9.32. The Kier molecular flexibility index (Phi) is 5.38. The summed E-state index contributed by atoms with van der Waals surface area (Å²) in [6.07, 6.45) is 0. The molecule has 1 aliphatic heterocycles. The maximum atomic E-state index is 12.4. The number of amides is 1. The first-order chi connectivity index (χ1) is 12.9. The van der Waals surface area contributed by atoms with Gasteiger partial charge < -0.3 is 24.3 Å². The van der Waals surface area contributed by atoms with Crippen LogP contribution in [0, 0.1) is 0 Å². The number of nitrogens with one attached hydrogen (secondary N) is 2. The number of carbonyl (C=O) groups is 1. The zero-order chi connectivity index (χ0) is 19.4. The first kappa shape index (κ1) is 18.8. The number of carbonyl (C=O) groups excluding carboxylic acids is 1. The van der Waals surface area contributed by atoms with Crippen molar-refractivity contribution in [2.24, 2.45) is 0 Å². The number of anilines is 1. The average Bonchev–Trinajstić information content (AvgIpc) is 3.13. The van der Waals surface area contributed by atoms with Crippen molar-refractivity contribution in [3.63, 3.8) is 0 Å². The van der Waals surface area contributed by atoms with E-state index in [2.05, 4.69) is 10.0 Å². The molecular weight excluding hydrogens is 376 g/mol. The molecule has 3 rings (SSSR count). The maximum Gasteiger partial charge on any atom is 0.241 e. The first-order valence-electron chi connectivity index (χ1n) is 7.84. The second-order valence-corrected chi connectivity index (χ2v) is 7.22. The van der Waals surface area contributed by atoms with Crippen molar-refractivity contribution < 1.29 is 32.2 Å². The summed E-state index contributed by atoms with van der Waals surface area (Å²) in [5.74, 6) is 1.24. The lowest BCUT2D eigenvalue weighted by Crippen LogP contribution is -2.32. The van der Waals surface area contributed by atoms with Gasteiger partial charge in [0.05, 0.1) is 25.7 Å². The molecule has 10 heteroatoms. The van der Waals surface area contributed by atoms with Crippen LogP contribution in [0.4, 0.5) is 5.69 Å². The Bertz CT molecular complexity index is 960. The smallest absolute Gasteiger partial charge is 0.241 e. The van der Waals surface area contributed by atoms with Gasteiger partial charge in [0.25, 0.3) is 0 Å². The summed E-state index contributed by atoms with van der Waals surface area (Å²) < 4.78 is 47.6. The van der Waals surface area contributed by atoms with Crippen molar-refractivity contribution in [1.29, 1.82) is 0 Å². The lowest BCUT2D eigenvalue weighted by molar-refractivity contribution is -0.115. The number of hydrogen-bond donors (Lipinski definition) is 2. The Morgan fingerprint density at radius 1 is 1.04 bits per heavy atom. The number of benzene rings is 2. The molecular formula is C17H18N2O7S. The van der Waals surface area contributed by atoms with Gasteiger partial charge in [-0.3, -0.25) is 4.79 Å². The highest BCUT2D eigenvalue weighted by Gasteiger charge is 2.19. The van der Waals surface area contributed by atoms with E-state index in [0.29, 0.717) is 22.9 Å². The van der Waals surface area contributed by atoms with Crippen LogP contribution in [0.2, 0.25) is 0 Å². The molecule has 0 saturated carbocycles. The lowest BCUT2D eigenvalue weighted by Gasteiger charge is -2.11. The highest BCUT2D eigenvalue weighted by atomic mass is 32.2. The third-order valence-electron chi connectivity index (χ3n) is 3.74. The van der Waals surface area contributed by atoms with Gasteiger partial charge in [-0.25, -0.2) is 13.1 Å². The molecule has 0 aliphatic carbocycles. The summed E-state index contributed by atoms with van der Waals surface area (Å²) >= 11 is 0. The summed E-state index contributed by atoms with van der Waals surface area (Å²) in [5, 5.41) is 2.59. The maximum absolute atomic E-state index is 12.4. The summed E-state index contributed by atoms with van der Waals surface area (Å²) in [7, 11) is -1.05. The number of ether oxygens (including phenoxy) is 4. The second-order valence-electron chi connectivity index (χ2n) is 5.46. The topological polar surface area (TPSA) is 112 Å². The predicted octanol–water partition coefficient (Wildman–Crippen LogP) is 1.35. The largest absolute Gasteiger partial charge is 0.493 e. The third-order valence-corrected chi connectivity index (χ3v) is 5.14. The van der Waals surface area contributed by atoms with Gasteiger partial charge in [0.1, 0.15) is 0 Å². The van der Waals surface area contributed by atoms with E-state index in [1.807, 2.05) is 0 Å². The molecule has 27 heavy (non-hydrogen) atoms. The van der Waals surface area contributed by atoms with Crippen LogP contribution in [0.3, 0.4) is 0 Å². The average molecular weight is 394 g/mol. The number of rotatable bonds is 7. The molecule has 0 atom stereocenters.